The van der Waals surface area contributed by atoms with E-state index >= 15 is 0 Å². The minimum Gasteiger partial charge on any atom is -0.349 e. The number of carbonyl (C=O) groups excluding carboxylic acids is 2. The summed E-state index contributed by atoms with van der Waals surface area (Å²) in [6.45, 7) is 4.24. The number of nitrogens with one attached hydrogen (secondary N) is 3. The number of benzene rings is 1. The molecule has 0 aliphatic carbocycles. The second-order valence-corrected chi connectivity index (χ2v) is 6.54. The van der Waals surface area contributed by atoms with E-state index in [4.69, 9.17) is 5.26 Å². The van der Waals surface area contributed by atoms with Crippen molar-refractivity contribution in [1.29, 1.82) is 5.26 Å². The molecule has 1 aromatic carbocycles. The van der Waals surface area contributed by atoms with Crippen LogP contribution in [-0.2, 0) is 9.59 Å². The first-order chi connectivity index (χ1) is 10.9. The molecule has 1 unspecified atom stereocenters. The van der Waals surface area contributed by atoms with Gasteiger partial charge in [-0.15, -0.1) is 11.8 Å². The van der Waals surface area contributed by atoms with Crippen molar-refractivity contribution in [3.63, 3.8) is 0 Å². The second kappa shape index (κ2) is 9.87. The van der Waals surface area contributed by atoms with Crippen molar-refractivity contribution in [2.45, 2.75) is 24.8 Å². The van der Waals surface area contributed by atoms with E-state index in [1.165, 1.54) is 11.8 Å². The Morgan fingerprint density at radius 1 is 1.26 bits per heavy atom. The minimum atomic E-state index is -0.162. The Labute approximate surface area is 141 Å². The number of thioether (sulfide) groups is 1. The highest BCUT2D eigenvalue weighted by molar-refractivity contribution is 7.99. The van der Waals surface area contributed by atoms with E-state index in [0.717, 1.165) is 9.80 Å². The number of quaternary nitrogens is 1. The Bertz CT molecular complexity index is 584. The third kappa shape index (κ3) is 7.68. The summed E-state index contributed by atoms with van der Waals surface area (Å²) in [7, 11) is 1.80. The lowest BCUT2D eigenvalue weighted by Crippen LogP contribution is -3.11. The van der Waals surface area contributed by atoms with Crippen LogP contribution in [0.4, 0.5) is 5.69 Å². The third-order valence-corrected chi connectivity index (χ3v) is 3.77. The lowest BCUT2D eigenvalue weighted by atomic mass is 10.3. The summed E-state index contributed by atoms with van der Waals surface area (Å²) in [5.74, 6) is 0.0908. The van der Waals surface area contributed by atoms with Crippen LogP contribution in [0.15, 0.2) is 29.2 Å². The molecule has 0 saturated carbocycles. The van der Waals surface area contributed by atoms with Gasteiger partial charge in [0.2, 0.25) is 0 Å². The molecule has 0 heterocycles. The highest BCUT2D eigenvalue weighted by Crippen LogP contribution is 2.26. The molecule has 1 aromatic rings. The van der Waals surface area contributed by atoms with Gasteiger partial charge in [0.05, 0.1) is 24.6 Å². The molecule has 1 atom stereocenters. The normalized spacial score (nSPS) is 11.6. The van der Waals surface area contributed by atoms with E-state index in [1.807, 2.05) is 32.0 Å². The van der Waals surface area contributed by atoms with E-state index in [-0.39, 0.29) is 30.9 Å². The SMILES string of the molecule is CC(C)NC(=O)C[NH+](C)CC(=O)Nc1ccccc1SCC#N. The predicted octanol–water partition coefficient (Wildman–Crippen LogP) is 0.280. The minimum absolute atomic E-state index is 0.0738. The zero-order chi connectivity index (χ0) is 17.2. The summed E-state index contributed by atoms with van der Waals surface area (Å²) in [6, 6.07) is 9.52. The van der Waals surface area contributed by atoms with Crippen LogP contribution >= 0.6 is 11.8 Å². The number of para-hydroxylation sites is 1. The quantitative estimate of drug-likeness (QED) is 0.596. The topological polar surface area (TPSA) is 86.4 Å². The molecule has 23 heavy (non-hydrogen) atoms. The van der Waals surface area contributed by atoms with Crippen LogP contribution in [-0.4, -0.2) is 43.7 Å². The summed E-state index contributed by atoms with van der Waals surface area (Å²) in [6.07, 6.45) is 0. The molecule has 0 saturated heterocycles. The number of anilines is 1. The van der Waals surface area contributed by atoms with Crippen LogP contribution < -0.4 is 15.5 Å². The second-order valence-electron chi connectivity index (χ2n) is 5.52. The maximum atomic E-state index is 12.1. The van der Waals surface area contributed by atoms with Gasteiger partial charge < -0.3 is 15.5 Å². The maximum absolute atomic E-state index is 12.1. The molecular formula is C16H23N4O2S+. The van der Waals surface area contributed by atoms with Crippen LogP contribution in [0, 0.1) is 11.3 Å². The smallest absolute Gasteiger partial charge is 0.279 e. The van der Waals surface area contributed by atoms with Crippen LogP contribution in [0.25, 0.3) is 0 Å². The van der Waals surface area contributed by atoms with Crippen molar-refractivity contribution in [2.75, 3.05) is 31.2 Å². The zero-order valence-corrected chi connectivity index (χ0v) is 14.5. The zero-order valence-electron chi connectivity index (χ0n) is 13.7. The van der Waals surface area contributed by atoms with E-state index in [0.29, 0.717) is 11.4 Å². The number of carbonyl (C=O) groups is 2. The van der Waals surface area contributed by atoms with Crippen LogP contribution in [0.2, 0.25) is 0 Å². The van der Waals surface area contributed by atoms with Gasteiger partial charge in [0.1, 0.15) is 0 Å². The van der Waals surface area contributed by atoms with E-state index in [9.17, 15) is 9.59 Å². The summed E-state index contributed by atoms with van der Waals surface area (Å²) in [5.41, 5.74) is 0.692. The van der Waals surface area contributed by atoms with Crippen molar-refractivity contribution in [3.8, 4) is 6.07 Å². The number of hydrogen-bond donors (Lipinski definition) is 3. The van der Waals surface area contributed by atoms with Gasteiger partial charge in [-0.1, -0.05) is 12.1 Å². The lowest BCUT2D eigenvalue weighted by Gasteiger charge is -2.15. The largest absolute Gasteiger partial charge is 0.349 e. The Hall–Kier alpha value is -2.04. The van der Waals surface area contributed by atoms with Gasteiger partial charge in [0, 0.05) is 10.9 Å². The fraction of sp³-hybridized carbons (Fsp3) is 0.438. The average Bonchev–Trinajstić information content (AvgIpc) is 2.44. The highest BCUT2D eigenvalue weighted by atomic mass is 32.2. The van der Waals surface area contributed by atoms with Crippen molar-refractivity contribution in [3.05, 3.63) is 24.3 Å². The first-order valence-electron chi connectivity index (χ1n) is 7.41. The van der Waals surface area contributed by atoms with Gasteiger partial charge in [0.15, 0.2) is 13.1 Å². The number of nitrogens with zero attached hydrogens (tertiary/aromatic N) is 1. The molecule has 0 fully saturated rings. The molecule has 0 aliphatic heterocycles. The molecule has 3 N–H and O–H groups in total. The summed E-state index contributed by atoms with van der Waals surface area (Å²) < 4.78 is 0. The Morgan fingerprint density at radius 2 is 1.91 bits per heavy atom. The molecular weight excluding hydrogens is 312 g/mol. The Kier molecular flexibility index (Phi) is 8.16. The molecule has 0 aromatic heterocycles. The van der Waals surface area contributed by atoms with Crippen LogP contribution in [0.5, 0.6) is 0 Å². The molecule has 0 spiro atoms. The van der Waals surface area contributed by atoms with Crippen molar-refractivity contribution < 1.29 is 14.5 Å². The van der Waals surface area contributed by atoms with Crippen LogP contribution in [0.1, 0.15) is 13.8 Å². The molecule has 0 aliphatic rings. The van der Waals surface area contributed by atoms with Crippen molar-refractivity contribution in [2.24, 2.45) is 0 Å². The monoisotopic (exact) mass is 335 g/mol. The van der Waals surface area contributed by atoms with Gasteiger partial charge in [-0.2, -0.15) is 5.26 Å². The molecule has 7 heteroatoms. The van der Waals surface area contributed by atoms with Gasteiger partial charge >= 0.3 is 0 Å². The number of likely N-dealkylation sites (N-methyl/N-ethyl adjacent to an activating group) is 1. The molecule has 124 valence electrons. The van der Waals surface area contributed by atoms with E-state index in [1.54, 1.807) is 13.1 Å². The number of amides is 2. The van der Waals surface area contributed by atoms with Gasteiger partial charge in [-0.05, 0) is 26.0 Å². The van der Waals surface area contributed by atoms with E-state index < -0.39 is 0 Å². The fourth-order valence-corrected chi connectivity index (χ4v) is 2.65. The highest BCUT2D eigenvalue weighted by Gasteiger charge is 2.15. The molecule has 0 radical (unpaired) electrons. The summed E-state index contributed by atoms with van der Waals surface area (Å²) in [4.78, 5) is 25.5. The number of nitriles is 1. The van der Waals surface area contributed by atoms with Crippen molar-refractivity contribution >= 4 is 29.3 Å². The maximum Gasteiger partial charge on any atom is 0.279 e. The first kappa shape index (κ1) is 19.0. The lowest BCUT2D eigenvalue weighted by molar-refractivity contribution is -0.862. The first-order valence-corrected chi connectivity index (χ1v) is 8.40. The van der Waals surface area contributed by atoms with Gasteiger partial charge in [-0.3, -0.25) is 9.59 Å². The predicted molar refractivity (Wildman–Crippen MR) is 91.3 cm³/mol. The standard InChI is InChI=1S/C16H22N4O2S/c1-12(2)18-15(21)10-20(3)11-16(22)19-13-6-4-5-7-14(13)23-9-8-17/h4-7,12H,9-11H2,1-3H3,(H,18,21)(H,19,22)/p+1. The Balaban J connectivity index is 2.53. The van der Waals surface area contributed by atoms with Crippen LogP contribution in [0.3, 0.4) is 0 Å². The number of rotatable bonds is 8. The summed E-state index contributed by atoms with van der Waals surface area (Å²) in [5, 5.41) is 14.3. The van der Waals surface area contributed by atoms with Gasteiger partial charge in [0.25, 0.3) is 11.8 Å². The molecule has 0 bridgehead atoms. The Morgan fingerprint density at radius 3 is 2.57 bits per heavy atom. The van der Waals surface area contributed by atoms with Crippen molar-refractivity contribution in [1.82, 2.24) is 5.32 Å². The average molecular weight is 335 g/mol. The molecule has 2 amide bonds. The fourth-order valence-electron chi connectivity index (χ4n) is 1.98. The summed E-state index contributed by atoms with van der Waals surface area (Å²) >= 11 is 1.38. The molecule has 1 rings (SSSR count). The molecule has 6 nitrogen and oxygen atoms in total. The van der Waals surface area contributed by atoms with Gasteiger partial charge in [-0.25, -0.2) is 0 Å². The number of hydrogen-bond acceptors (Lipinski definition) is 4. The van der Waals surface area contributed by atoms with E-state index in [2.05, 4.69) is 16.7 Å². The third-order valence-electron chi connectivity index (χ3n) is 2.83.